The second-order valence-electron chi connectivity index (χ2n) is 6.29. The van der Waals surface area contributed by atoms with Gasteiger partial charge in [0.05, 0.1) is 18.2 Å². The molecule has 8 heteroatoms. The molecule has 1 N–H and O–H groups in total. The summed E-state index contributed by atoms with van der Waals surface area (Å²) >= 11 is 0. The van der Waals surface area contributed by atoms with Crippen molar-refractivity contribution in [3.63, 3.8) is 0 Å². The number of nitrogens with one attached hydrogen (secondary N) is 1. The predicted octanol–water partition coefficient (Wildman–Crippen LogP) is 4.01. The number of amides is 1. The molecule has 0 aliphatic carbocycles. The number of halogens is 1. The molecular formula is C22H16FNO6. The maximum atomic E-state index is 13.0. The molecule has 2 aromatic heterocycles. The molecule has 152 valence electrons. The van der Waals surface area contributed by atoms with Gasteiger partial charge in [0.2, 0.25) is 11.2 Å². The first-order valence-corrected chi connectivity index (χ1v) is 8.99. The number of hydrogen-bond donors (Lipinski definition) is 1. The molecule has 0 atom stereocenters. The van der Waals surface area contributed by atoms with Gasteiger partial charge in [0.15, 0.2) is 6.61 Å². The van der Waals surface area contributed by atoms with Crippen molar-refractivity contribution < 1.29 is 27.5 Å². The zero-order chi connectivity index (χ0) is 20.9. The normalized spacial score (nSPS) is 10.7. The van der Waals surface area contributed by atoms with Crippen molar-refractivity contribution in [3.8, 4) is 17.2 Å². The van der Waals surface area contributed by atoms with Crippen LogP contribution >= 0.6 is 0 Å². The van der Waals surface area contributed by atoms with Gasteiger partial charge in [0.25, 0.3) is 5.91 Å². The van der Waals surface area contributed by atoms with E-state index in [1.54, 1.807) is 18.2 Å². The Morgan fingerprint density at radius 3 is 2.60 bits per heavy atom. The highest BCUT2D eigenvalue weighted by atomic mass is 19.1. The van der Waals surface area contributed by atoms with E-state index in [-0.39, 0.29) is 41.2 Å². The number of carbonyl (C=O) groups is 1. The third-order valence-corrected chi connectivity index (χ3v) is 4.17. The third kappa shape index (κ3) is 4.49. The van der Waals surface area contributed by atoms with Crippen LogP contribution in [-0.2, 0) is 11.3 Å². The summed E-state index contributed by atoms with van der Waals surface area (Å²) in [6, 6.07) is 13.4. The molecule has 1 amide bonds. The average Bonchev–Trinajstić information content (AvgIpc) is 3.28. The standard InChI is InChI=1S/C22H16FNO6/c23-14-3-5-15(6-4-14)30-20-12-29-19-10-16(7-8-18(19)22(20)26)28-13-21(25)24-11-17-2-1-9-27-17/h1-10,12H,11,13H2,(H,24,25). The summed E-state index contributed by atoms with van der Waals surface area (Å²) in [4.78, 5) is 24.5. The molecule has 2 aromatic carbocycles. The molecule has 0 fully saturated rings. The molecule has 0 saturated heterocycles. The minimum Gasteiger partial charge on any atom is -0.484 e. The van der Waals surface area contributed by atoms with Gasteiger partial charge in [-0.1, -0.05) is 0 Å². The summed E-state index contributed by atoms with van der Waals surface area (Å²) < 4.78 is 34.5. The van der Waals surface area contributed by atoms with Crippen molar-refractivity contribution in [1.29, 1.82) is 0 Å². The molecular weight excluding hydrogens is 393 g/mol. The summed E-state index contributed by atoms with van der Waals surface area (Å²) in [7, 11) is 0. The first-order valence-electron chi connectivity index (χ1n) is 8.99. The smallest absolute Gasteiger partial charge is 0.258 e. The molecule has 7 nitrogen and oxygen atoms in total. The Balaban J connectivity index is 1.42. The predicted molar refractivity (Wildman–Crippen MR) is 105 cm³/mol. The second kappa shape index (κ2) is 8.52. The van der Waals surface area contributed by atoms with E-state index in [1.165, 1.54) is 48.9 Å². The summed E-state index contributed by atoms with van der Waals surface area (Å²) in [6.45, 7) is 0.0564. The molecule has 4 rings (SSSR count). The quantitative estimate of drug-likeness (QED) is 0.496. The SMILES string of the molecule is O=C(COc1ccc2c(=O)c(Oc3ccc(F)cc3)coc2c1)NCc1ccco1. The van der Waals surface area contributed by atoms with Crippen LogP contribution in [0.4, 0.5) is 4.39 Å². The number of rotatable bonds is 7. The van der Waals surface area contributed by atoms with Crippen LogP contribution in [0.1, 0.15) is 5.76 Å². The molecule has 0 saturated carbocycles. The molecule has 2 heterocycles. The van der Waals surface area contributed by atoms with Gasteiger partial charge in [0, 0.05) is 6.07 Å². The van der Waals surface area contributed by atoms with Gasteiger partial charge in [-0.15, -0.1) is 0 Å². The highest BCUT2D eigenvalue weighted by molar-refractivity contribution is 5.80. The zero-order valence-electron chi connectivity index (χ0n) is 15.6. The first kappa shape index (κ1) is 19.3. The highest BCUT2D eigenvalue weighted by Crippen LogP contribution is 2.24. The summed E-state index contributed by atoms with van der Waals surface area (Å²) in [6.07, 6.45) is 2.70. The van der Waals surface area contributed by atoms with E-state index in [4.69, 9.17) is 18.3 Å². The van der Waals surface area contributed by atoms with E-state index in [0.717, 1.165) is 0 Å². The molecule has 0 spiro atoms. The topological polar surface area (TPSA) is 90.9 Å². The van der Waals surface area contributed by atoms with Crippen LogP contribution < -0.4 is 20.2 Å². The molecule has 0 aliphatic rings. The van der Waals surface area contributed by atoms with Crippen LogP contribution in [0.2, 0.25) is 0 Å². The molecule has 0 aliphatic heterocycles. The van der Waals surface area contributed by atoms with Gasteiger partial charge >= 0.3 is 0 Å². The lowest BCUT2D eigenvalue weighted by Gasteiger charge is -2.08. The summed E-state index contributed by atoms with van der Waals surface area (Å²) in [5, 5.41) is 2.95. The average molecular weight is 409 g/mol. The fourth-order valence-corrected chi connectivity index (χ4v) is 2.68. The number of furan rings is 1. The fourth-order valence-electron chi connectivity index (χ4n) is 2.68. The van der Waals surface area contributed by atoms with Crippen LogP contribution in [0.15, 0.2) is 80.8 Å². The Labute approximate surface area is 169 Å². The Kier molecular flexibility index (Phi) is 5.47. The number of benzene rings is 2. The van der Waals surface area contributed by atoms with Crippen molar-refractivity contribution in [2.45, 2.75) is 6.54 Å². The van der Waals surface area contributed by atoms with Gasteiger partial charge in [0.1, 0.15) is 34.9 Å². The molecule has 0 radical (unpaired) electrons. The minimum atomic E-state index is -0.407. The van der Waals surface area contributed by atoms with E-state index in [9.17, 15) is 14.0 Å². The van der Waals surface area contributed by atoms with Crippen molar-refractivity contribution in [2.24, 2.45) is 0 Å². The van der Waals surface area contributed by atoms with Gasteiger partial charge < -0.3 is 23.6 Å². The van der Waals surface area contributed by atoms with Crippen LogP contribution in [-0.4, -0.2) is 12.5 Å². The van der Waals surface area contributed by atoms with E-state index >= 15 is 0 Å². The van der Waals surface area contributed by atoms with Crippen LogP contribution in [0.5, 0.6) is 17.2 Å². The lowest BCUT2D eigenvalue weighted by molar-refractivity contribution is -0.123. The number of ether oxygens (including phenoxy) is 2. The van der Waals surface area contributed by atoms with Gasteiger partial charge in [-0.2, -0.15) is 0 Å². The zero-order valence-corrected chi connectivity index (χ0v) is 15.6. The minimum absolute atomic E-state index is 0.0277. The first-order chi connectivity index (χ1) is 14.6. The third-order valence-electron chi connectivity index (χ3n) is 4.17. The van der Waals surface area contributed by atoms with Crippen molar-refractivity contribution in [2.75, 3.05) is 6.61 Å². The maximum Gasteiger partial charge on any atom is 0.258 e. The van der Waals surface area contributed by atoms with Crippen LogP contribution in [0, 0.1) is 5.82 Å². The van der Waals surface area contributed by atoms with E-state index in [0.29, 0.717) is 17.3 Å². The van der Waals surface area contributed by atoms with Crippen molar-refractivity contribution in [1.82, 2.24) is 5.32 Å². The Morgan fingerprint density at radius 1 is 1.03 bits per heavy atom. The lowest BCUT2D eigenvalue weighted by atomic mass is 10.2. The molecule has 0 unspecified atom stereocenters. The van der Waals surface area contributed by atoms with Gasteiger partial charge in [-0.25, -0.2) is 4.39 Å². The van der Waals surface area contributed by atoms with E-state index in [2.05, 4.69) is 5.32 Å². The molecule has 30 heavy (non-hydrogen) atoms. The van der Waals surface area contributed by atoms with Crippen LogP contribution in [0.3, 0.4) is 0 Å². The number of hydrogen-bond acceptors (Lipinski definition) is 6. The number of fused-ring (bicyclic) bond motifs is 1. The maximum absolute atomic E-state index is 13.0. The monoisotopic (exact) mass is 409 g/mol. The lowest BCUT2D eigenvalue weighted by Crippen LogP contribution is -2.28. The van der Waals surface area contributed by atoms with Gasteiger partial charge in [-0.05, 0) is 48.5 Å². The van der Waals surface area contributed by atoms with Gasteiger partial charge in [-0.3, -0.25) is 9.59 Å². The second-order valence-corrected chi connectivity index (χ2v) is 6.29. The molecule has 0 bridgehead atoms. The van der Waals surface area contributed by atoms with Crippen molar-refractivity contribution in [3.05, 3.63) is 88.9 Å². The fraction of sp³-hybridized carbons (Fsp3) is 0.0909. The van der Waals surface area contributed by atoms with E-state index in [1.807, 2.05) is 0 Å². The van der Waals surface area contributed by atoms with Crippen LogP contribution in [0.25, 0.3) is 11.0 Å². The Hall–Kier alpha value is -4.07. The van der Waals surface area contributed by atoms with E-state index < -0.39 is 5.82 Å². The summed E-state index contributed by atoms with van der Waals surface area (Å²) in [5.41, 5.74) is -0.108. The Morgan fingerprint density at radius 2 is 1.83 bits per heavy atom. The summed E-state index contributed by atoms with van der Waals surface area (Å²) in [5.74, 6) is 0.551. The number of carbonyl (C=O) groups excluding carboxylic acids is 1. The molecule has 4 aromatic rings. The highest BCUT2D eigenvalue weighted by Gasteiger charge is 2.11. The largest absolute Gasteiger partial charge is 0.484 e. The van der Waals surface area contributed by atoms with Crippen molar-refractivity contribution >= 4 is 16.9 Å². The Bertz CT molecular complexity index is 1210.